The Morgan fingerprint density at radius 2 is 2.31 bits per heavy atom. The molecule has 0 saturated heterocycles. The molecular weight excluding hydrogens is 204 g/mol. The Hall–Kier alpha value is -1.36. The number of hydrogen-bond acceptors (Lipinski definition) is 3. The van der Waals surface area contributed by atoms with E-state index >= 15 is 0 Å². The highest BCUT2D eigenvalue weighted by Crippen LogP contribution is 1.98. The summed E-state index contributed by atoms with van der Waals surface area (Å²) in [5, 5.41) is 5.98. The highest BCUT2D eigenvalue weighted by molar-refractivity contribution is 5.72. The van der Waals surface area contributed by atoms with Gasteiger partial charge in [0, 0.05) is 39.0 Å². The summed E-state index contributed by atoms with van der Waals surface area (Å²) in [5.74, 6) is 1.05. The fourth-order valence-corrected chi connectivity index (χ4v) is 1.48. The predicted molar refractivity (Wildman–Crippen MR) is 62.9 cm³/mol. The van der Waals surface area contributed by atoms with Crippen LogP contribution in [-0.4, -0.2) is 28.5 Å². The first-order chi connectivity index (χ1) is 7.74. The Balaban J connectivity index is 2.21. The van der Waals surface area contributed by atoms with E-state index in [-0.39, 0.29) is 5.91 Å². The number of amides is 1. The maximum atomic E-state index is 10.6. The third-order valence-corrected chi connectivity index (χ3v) is 2.23. The summed E-state index contributed by atoms with van der Waals surface area (Å²) < 4.78 is 2.14. The van der Waals surface area contributed by atoms with E-state index in [1.807, 2.05) is 12.4 Å². The van der Waals surface area contributed by atoms with Crippen LogP contribution in [-0.2, 0) is 17.9 Å². The van der Waals surface area contributed by atoms with Crippen molar-refractivity contribution in [1.29, 1.82) is 0 Å². The molecule has 2 N–H and O–H groups in total. The molecule has 0 bridgehead atoms. The standard InChI is InChI=1S/C11H20N4O/c1-3-7-15-8-6-14-11(15)9-12-4-5-13-10(2)16/h6,8,12H,3-5,7,9H2,1-2H3,(H,13,16). The van der Waals surface area contributed by atoms with Crippen LogP contribution in [0, 0.1) is 0 Å². The minimum absolute atomic E-state index is 0.00860. The molecule has 0 fully saturated rings. The Bertz CT molecular complexity index is 322. The van der Waals surface area contributed by atoms with E-state index in [2.05, 4.69) is 27.1 Å². The number of imidazole rings is 1. The van der Waals surface area contributed by atoms with E-state index in [1.165, 1.54) is 6.92 Å². The van der Waals surface area contributed by atoms with Gasteiger partial charge in [0.05, 0.1) is 6.54 Å². The van der Waals surface area contributed by atoms with Gasteiger partial charge in [-0.2, -0.15) is 0 Å². The molecule has 0 radical (unpaired) electrons. The lowest BCUT2D eigenvalue weighted by atomic mass is 10.4. The number of aromatic nitrogens is 2. The molecule has 1 aromatic rings. The predicted octanol–water partition coefficient (Wildman–Crippen LogP) is 0.519. The average Bonchev–Trinajstić information content (AvgIpc) is 2.65. The largest absolute Gasteiger partial charge is 0.355 e. The molecule has 0 aliphatic heterocycles. The van der Waals surface area contributed by atoms with Gasteiger partial charge in [-0.15, -0.1) is 0 Å². The van der Waals surface area contributed by atoms with Crippen LogP contribution in [0.15, 0.2) is 12.4 Å². The number of aryl methyl sites for hydroxylation is 1. The third-order valence-electron chi connectivity index (χ3n) is 2.23. The molecule has 1 aromatic heterocycles. The highest BCUT2D eigenvalue weighted by Gasteiger charge is 2.00. The molecular formula is C11H20N4O. The van der Waals surface area contributed by atoms with Crippen molar-refractivity contribution in [2.45, 2.75) is 33.4 Å². The molecule has 0 unspecified atom stereocenters. The number of nitrogens with zero attached hydrogens (tertiary/aromatic N) is 2. The van der Waals surface area contributed by atoms with Crippen molar-refractivity contribution >= 4 is 5.91 Å². The molecule has 1 rings (SSSR count). The van der Waals surface area contributed by atoms with Crippen LogP contribution in [0.25, 0.3) is 0 Å². The molecule has 0 aliphatic carbocycles. The topological polar surface area (TPSA) is 59.0 Å². The van der Waals surface area contributed by atoms with Gasteiger partial charge in [0.15, 0.2) is 0 Å². The lowest BCUT2D eigenvalue weighted by Crippen LogP contribution is -2.30. The van der Waals surface area contributed by atoms with Gasteiger partial charge in [0.25, 0.3) is 0 Å². The summed E-state index contributed by atoms with van der Waals surface area (Å²) in [7, 11) is 0. The smallest absolute Gasteiger partial charge is 0.216 e. The fraction of sp³-hybridized carbons (Fsp3) is 0.636. The van der Waals surface area contributed by atoms with Crippen LogP contribution < -0.4 is 10.6 Å². The molecule has 90 valence electrons. The van der Waals surface area contributed by atoms with Crippen LogP contribution in [0.2, 0.25) is 0 Å². The molecule has 0 saturated carbocycles. The van der Waals surface area contributed by atoms with Crippen LogP contribution in [0.4, 0.5) is 0 Å². The zero-order valence-electron chi connectivity index (χ0n) is 9.99. The SMILES string of the molecule is CCCn1ccnc1CNCCNC(C)=O. The van der Waals surface area contributed by atoms with Gasteiger partial charge in [-0.3, -0.25) is 4.79 Å². The first-order valence-corrected chi connectivity index (χ1v) is 5.69. The number of nitrogens with one attached hydrogen (secondary N) is 2. The fourth-order valence-electron chi connectivity index (χ4n) is 1.48. The first kappa shape index (κ1) is 12.7. The van der Waals surface area contributed by atoms with Gasteiger partial charge in [0.1, 0.15) is 5.82 Å². The Labute approximate surface area is 96.3 Å². The summed E-state index contributed by atoms with van der Waals surface area (Å²) in [6.07, 6.45) is 4.92. The molecule has 5 nitrogen and oxygen atoms in total. The zero-order chi connectivity index (χ0) is 11.8. The Morgan fingerprint density at radius 1 is 1.50 bits per heavy atom. The van der Waals surface area contributed by atoms with Gasteiger partial charge < -0.3 is 15.2 Å². The first-order valence-electron chi connectivity index (χ1n) is 5.69. The van der Waals surface area contributed by atoms with Crippen molar-refractivity contribution in [3.8, 4) is 0 Å². The summed E-state index contributed by atoms with van der Waals surface area (Å²) in [5.41, 5.74) is 0. The molecule has 0 atom stereocenters. The molecule has 16 heavy (non-hydrogen) atoms. The van der Waals surface area contributed by atoms with Crippen molar-refractivity contribution < 1.29 is 4.79 Å². The average molecular weight is 224 g/mol. The number of hydrogen-bond donors (Lipinski definition) is 2. The second-order valence-electron chi connectivity index (χ2n) is 3.70. The maximum Gasteiger partial charge on any atom is 0.216 e. The normalized spacial score (nSPS) is 10.4. The quantitative estimate of drug-likeness (QED) is 0.664. The molecule has 0 spiro atoms. The Morgan fingerprint density at radius 3 is 3.00 bits per heavy atom. The second-order valence-corrected chi connectivity index (χ2v) is 3.70. The summed E-state index contributed by atoms with van der Waals surface area (Å²) in [4.78, 5) is 14.9. The van der Waals surface area contributed by atoms with E-state index in [1.54, 1.807) is 0 Å². The van der Waals surface area contributed by atoms with E-state index in [9.17, 15) is 4.79 Å². The lowest BCUT2D eigenvalue weighted by Gasteiger charge is -2.07. The van der Waals surface area contributed by atoms with Crippen molar-refractivity contribution in [2.24, 2.45) is 0 Å². The van der Waals surface area contributed by atoms with Crippen molar-refractivity contribution in [1.82, 2.24) is 20.2 Å². The van der Waals surface area contributed by atoms with Crippen LogP contribution in [0.5, 0.6) is 0 Å². The van der Waals surface area contributed by atoms with E-state index in [0.717, 1.165) is 31.9 Å². The van der Waals surface area contributed by atoms with Gasteiger partial charge in [0.2, 0.25) is 5.91 Å². The third kappa shape index (κ3) is 4.44. The second kappa shape index (κ2) is 7.00. The van der Waals surface area contributed by atoms with Gasteiger partial charge in [-0.1, -0.05) is 6.92 Å². The molecule has 0 aliphatic rings. The highest BCUT2D eigenvalue weighted by atomic mass is 16.1. The summed E-state index contributed by atoms with van der Waals surface area (Å²) >= 11 is 0. The van der Waals surface area contributed by atoms with Crippen LogP contribution in [0.1, 0.15) is 26.1 Å². The van der Waals surface area contributed by atoms with Crippen molar-refractivity contribution in [2.75, 3.05) is 13.1 Å². The van der Waals surface area contributed by atoms with E-state index < -0.39 is 0 Å². The molecule has 0 aromatic carbocycles. The number of rotatable bonds is 7. The van der Waals surface area contributed by atoms with Crippen LogP contribution in [0.3, 0.4) is 0 Å². The summed E-state index contributed by atoms with van der Waals surface area (Å²) in [6, 6.07) is 0. The van der Waals surface area contributed by atoms with Crippen molar-refractivity contribution in [3.63, 3.8) is 0 Å². The number of carbonyl (C=O) groups excluding carboxylic acids is 1. The zero-order valence-corrected chi connectivity index (χ0v) is 9.99. The van der Waals surface area contributed by atoms with Gasteiger partial charge >= 0.3 is 0 Å². The molecule has 1 heterocycles. The van der Waals surface area contributed by atoms with Crippen LogP contribution >= 0.6 is 0 Å². The van der Waals surface area contributed by atoms with E-state index in [0.29, 0.717) is 6.54 Å². The van der Waals surface area contributed by atoms with Gasteiger partial charge in [-0.25, -0.2) is 4.98 Å². The van der Waals surface area contributed by atoms with Crippen molar-refractivity contribution in [3.05, 3.63) is 18.2 Å². The minimum atomic E-state index is 0.00860. The summed E-state index contributed by atoms with van der Waals surface area (Å²) in [6.45, 7) is 6.83. The maximum absolute atomic E-state index is 10.6. The minimum Gasteiger partial charge on any atom is -0.355 e. The Kier molecular flexibility index (Phi) is 5.56. The molecule has 5 heteroatoms. The monoisotopic (exact) mass is 224 g/mol. The lowest BCUT2D eigenvalue weighted by molar-refractivity contribution is -0.118. The molecule has 1 amide bonds. The number of carbonyl (C=O) groups is 1. The van der Waals surface area contributed by atoms with Gasteiger partial charge in [-0.05, 0) is 6.42 Å². The van der Waals surface area contributed by atoms with E-state index in [4.69, 9.17) is 0 Å².